The lowest BCUT2D eigenvalue weighted by Gasteiger charge is -1.99. The predicted octanol–water partition coefficient (Wildman–Crippen LogP) is 0.219. The van der Waals surface area contributed by atoms with E-state index in [1.54, 1.807) is 0 Å². The molecule has 0 aliphatic rings. The van der Waals surface area contributed by atoms with Crippen LogP contribution in [0.2, 0.25) is 0 Å². The van der Waals surface area contributed by atoms with Gasteiger partial charge in [0, 0.05) is 12.3 Å². The van der Waals surface area contributed by atoms with Gasteiger partial charge in [0.05, 0.1) is 6.61 Å². The number of rotatable bonds is 7. The molecule has 0 aliphatic carbocycles. The zero-order valence-corrected chi connectivity index (χ0v) is 7.25. The number of hydrogen-bond donors (Lipinski definition) is 2. The molecule has 3 nitrogen and oxygen atoms in total. The van der Waals surface area contributed by atoms with Crippen molar-refractivity contribution in [1.29, 1.82) is 0 Å². The molecule has 4 heteroatoms. The molecular formula is C6H16N2OS. The highest BCUT2D eigenvalue weighted by Gasteiger charge is 1.87. The van der Waals surface area contributed by atoms with E-state index >= 15 is 0 Å². The first-order chi connectivity index (χ1) is 4.91. The molecule has 62 valence electrons. The SMILES string of the molecule is CNCCSCCCON. The average Bonchev–Trinajstić information content (AvgIpc) is 1.97. The van der Waals surface area contributed by atoms with Crippen molar-refractivity contribution in [2.75, 3.05) is 31.7 Å². The van der Waals surface area contributed by atoms with E-state index in [1.807, 2.05) is 18.8 Å². The van der Waals surface area contributed by atoms with Crippen LogP contribution in [0.1, 0.15) is 6.42 Å². The summed E-state index contributed by atoms with van der Waals surface area (Å²) in [7, 11) is 1.96. The fraction of sp³-hybridized carbons (Fsp3) is 1.00. The Hall–Kier alpha value is 0.230. The molecule has 0 amide bonds. The fourth-order valence-electron chi connectivity index (χ4n) is 0.521. The summed E-state index contributed by atoms with van der Waals surface area (Å²) in [4.78, 5) is 4.42. The Kier molecular flexibility index (Phi) is 9.44. The molecule has 0 aliphatic heterocycles. The molecule has 0 aromatic rings. The fourth-order valence-corrected chi connectivity index (χ4v) is 1.40. The van der Waals surface area contributed by atoms with Gasteiger partial charge in [0.2, 0.25) is 0 Å². The minimum absolute atomic E-state index is 0.673. The van der Waals surface area contributed by atoms with Crippen molar-refractivity contribution >= 4 is 11.8 Å². The third-order valence-electron chi connectivity index (χ3n) is 1.05. The van der Waals surface area contributed by atoms with Crippen LogP contribution in [-0.4, -0.2) is 31.7 Å². The van der Waals surface area contributed by atoms with E-state index in [-0.39, 0.29) is 0 Å². The highest BCUT2D eigenvalue weighted by molar-refractivity contribution is 7.99. The molecular weight excluding hydrogens is 148 g/mol. The van der Waals surface area contributed by atoms with Crippen LogP contribution in [0.25, 0.3) is 0 Å². The van der Waals surface area contributed by atoms with Gasteiger partial charge in [-0.1, -0.05) is 0 Å². The largest absolute Gasteiger partial charge is 0.319 e. The first-order valence-corrected chi connectivity index (χ1v) is 4.61. The molecule has 10 heavy (non-hydrogen) atoms. The Bertz CT molecular complexity index is 55.7. The molecule has 0 rings (SSSR count). The average molecular weight is 164 g/mol. The maximum absolute atomic E-state index is 4.85. The Labute approximate surface area is 66.6 Å². The van der Waals surface area contributed by atoms with Crippen LogP contribution in [0.3, 0.4) is 0 Å². The second-order valence-electron chi connectivity index (χ2n) is 1.94. The number of thioether (sulfide) groups is 1. The van der Waals surface area contributed by atoms with Gasteiger partial charge in [-0.2, -0.15) is 11.8 Å². The third kappa shape index (κ3) is 8.23. The van der Waals surface area contributed by atoms with Crippen molar-refractivity contribution in [3.05, 3.63) is 0 Å². The molecule has 0 unspecified atom stereocenters. The lowest BCUT2D eigenvalue weighted by molar-refractivity contribution is 0.139. The van der Waals surface area contributed by atoms with Crippen molar-refractivity contribution in [3.63, 3.8) is 0 Å². The molecule has 3 N–H and O–H groups in total. The van der Waals surface area contributed by atoms with Crippen molar-refractivity contribution in [1.82, 2.24) is 5.32 Å². The first kappa shape index (κ1) is 10.2. The van der Waals surface area contributed by atoms with Crippen LogP contribution in [0.4, 0.5) is 0 Å². The molecule has 0 bridgehead atoms. The lowest BCUT2D eigenvalue weighted by Crippen LogP contribution is -2.10. The van der Waals surface area contributed by atoms with E-state index in [0.717, 1.165) is 18.7 Å². The zero-order chi connectivity index (χ0) is 7.66. The Morgan fingerprint density at radius 1 is 1.50 bits per heavy atom. The van der Waals surface area contributed by atoms with E-state index < -0.39 is 0 Å². The van der Waals surface area contributed by atoms with Gasteiger partial charge >= 0.3 is 0 Å². The van der Waals surface area contributed by atoms with E-state index in [1.165, 1.54) is 5.75 Å². The van der Waals surface area contributed by atoms with Gasteiger partial charge in [0.1, 0.15) is 0 Å². The maximum atomic E-state index is 4.85. The van der Waals surface area contributed by atoms with E-state index in [4.69, 9.17) is 5.90 Å². The second-order valence-corrected chi connectivity index (χ2v) is 3.17. The first-order valence-electron chi connectivity index (χ1n) is 3.46. The molecule has 0 saturated heterocycles. The summed E-state index contributed by atoms with van der Waals surface area (Å²) in [5.41, 5.74) is 0. The molecule has 0 atom stereocenters. The monoisotopic (exact) mass is 164 g/mol. The quantitative estimate of drug-likeness (QED) is 0.417. The number of nitrogens with one attached hydrogen (secondary N) is 1. The highest BCUT2D eigenvalue weighted by Crippen LogP contribution is 1.99. The standard InChI is InChI=1S/C6H16N2OS/c1-8-3-6-10-5-2-4-9-7/h8H,2-7H2,1H3. The van der Waals surface area contributed by atoms with Crippen LogP contribution in [0.15, 0.2) is 0 Å². The number of hydrogen-bond acceptors (Lipinski definition) is 4. The molecule has 0 fully saturated rings. The van der Waals surface area contributed by atoms with Gasteiger partial charge in [0.15, 0.2) is 0 Å². The summed E-state index contributed by atoms with van der Waals surface area (Å²) in [6, 6.07) is 0. The molecule has 0 radical (unpaired) electrons. The van der Waals surface area contributed by atoms with E-state index in [9.17, 15) is 0 Å². The maximum Gasteiger partial charge on any atom is 0.0687 e. The summed E-state index contributed by atoms with van der Waals surface area (Å²) >= 11 is 1.92. The van der Waals surface area contributed by atoms with Crippen molar-refractivity contribution < 1.29 is 4.84 Å². The van der Waals surface area contributed by atoms with E-state index in [2.05, 4.69) is 10.2 Å². The molecule has 0 spiro atoms. The van der Waals surface area contributed by atoms with E-state index in [0.29, 0.717) is 6.61 Å². The second kappa shape index (κ2) is 9.23. The van der Waals surface area contributed by atoms with Crippen LogP contribution >= 0.6 is 11.8 Å². The summed E-state index contributed by atoms with van der Waals surface area (Å²) in [5, 5.41) is 3.08. The van der Waals surface area contributed by atoms with Gasteiger partial charge in [-0.05, 0) is 19.2 Å². The third-order valence-corrected chi connectivity index (χ3v) is 2.12. The molecule has 0 aromatic carbocycles. The van der Waals surface area contributed by atoms with Crippen molar-refractivity contribution in [3.8, 4) is 0 Å². The minimum Gasteiger partial charge on any atom is -0.319 e. The zero-order valence-electron chi connectivity index (χ0n) is 6.43. The molecule has 0 heterocycles. The molecule has 0 saturated carbocycles. The summed E-state index contributed by atoms with van der Waals surface area (Å²) in [6.45, 7) is 1.75. The van der Waals surface area contributed by atoms with Gasteiger partial charge in [-0.15, -0.1) is 0 Å². The van der Waals surface area contributed by atoms with Crippen molar-refractivity contribution in [2.45, 2.75) is 6.42 Å². The Balaban J connectivity index is 2.65. The lowest BCUT2D eigenvalue weighted by atomic mass is 10.5. The van der Waals surface area contributed by atoms with Gasteiger partial charge in [0.25, 0.3) is 0 Å². The minimum atomic E-state index is 0.673. The normalized spacial score (nSPS) is 10.2. The summed E-state index contributed by atoms with van der Waals surface area (Å²) in [6.07, 6.45) is 1.05. The topological polar surface area (TPSA) is 47.3 Å². The van der Waals surface area contributed by atoms with Crippen LogP contribution in [-0.2, 0) is 4.84 Å². The Morgan fingerprint density at radius 2 is 2.30 bits per heavy atom. The van der Waals surface area contributed by atoms with Crippen LogP contribution < -0.4 is 11.2 Å². The Morgan fingerprint density at radius 3 is 2.90 bits per heavy atom. The summed E-state index contributed by atoms with van der Waals surface area (Å²) in [5.74, 6) is 7.15. The summed E-state index contributed by atoms with van der Waals surface area (Å²) < 4.78 is 0. The van der Waals surface area contributed by atoms with Crippen molar-refractivity contribution in [2.24, 2.45) is 5.90 Å². The molecule has 0 aromatic heterocycles. The van der Waals surface area contributed by atoms with Crippen LogP contribution in [0, 0.1) is 0 Å². The van der Waals surface area contributed by atoms with Gasteiger partial charge < -0.3 is 10.2 Å². The van der Waals surface area contributed by atoms with Gasteiger partial charge in [-0.3, -0.25) is 0 Å². The number of nitrogens with two attached hydrogens (primary N) is 1. The van der Waals surface area contributed by atoms with Crippen LogP contribution in [0.5, 0.6) is 0 Å². The predicted molar refractivity (Wildman–Crippen MR) is 46.0 cm³/mol. The smallest absolute Gasteiger partial charge is 0.0687 e. The van der Waals surface area contributed by atoms with Gasteiger partial charge in [-0.25, -0.2) is 5.90 Å². The highest BCUT2D eigenvalue weighted by atomic mass is 32.2.